The normalized spacial score (nSPS) is 18.1. The lowest BCUT2D eigenvalue weighted by molar-refractivity contribution is 0.0619. The van der Waals surface area contributed by atoms with Crippen molar-refractivity contribution in [2.75, 3.05) is 26.8 Å². The molecule has 0 bridgehead atoms. The van der Waals surface area contributed by atoms with Gasteiger partial charge in [0.05, 0.1) is 6.54 Å². The van der Waals surface area contributed by atoms with Crippen LogP contribution < -0.4 is 5.73 Å². The Morgan fingerprint density at radius 3 is 2.63 bits per heavy atom. The maximum absolute atomic E-state index is 12.3. The predicted molar refractivity (Wildman–Crippen MR) is 70.0 cm³/mol. The molecule has 1 aromatic heterocycles. The Bertz CT molecular complexity index is 506. The molecule has 1 aromatic rings. The number of furan rings is 1. The van der Waals surface area contributed by atoms with E-state index in [0.29, 0.717) is 31.4 Å². The lowest BCUT2D eigenvalue weighted by Crippen LogP contribution is -2.34. The second-order valence-electron chi connectivity index (χ2n) is 4.77. The summed E-state index contributed by atoms with van der Waals surface area (Å²) in [5.74, 6) is 0.815. The van der Waals surface area contributed by atoms with E-state index in [0.717, 1.165) is 12.8 Å². The third kappa shape index (κ3) is 3.36. The lowest BCUT2D eigenvalue weighted by Gasteiger charge is -2.26. The second-order valence-corrected chi connectivity index (χ2v) is 6.74. The molecule has 19 heavy (non-hydrogen) atoms. The Morgan fingerprint density at radius 2 is 2.05 bits per heavy atom. The van der Waals surface area contributed by atoms with Crippen LogP contribution in [0.1, 0.15) is 18.6 Å². The summed E-state index contributed by atoms with van der Waals surface area (Å²) in [6.45, 7) is 2.09. The van der Waals surface area contributed by atoms with Crippen molar-refractivity contribution in [3.05, 3.63) is 17.9 Å². The van der Waals surface area contributed by atoms with Crippen LogP contribution in [-0.2, 0) is 21.3 Å². The Morgan fingerprint density at radius 1 is 1.37 bits per heavy atom. The van der Waals surface area contributed by atoms with Crippen LogP contribution in [0, 0.1) is 5.92 Å². The van der Waals surface area contributed by atoms with Crippen molar-refractivity contribution >= 4 is 10.0 Å². The highest BCUT2D eigenvalue weighted by Gasteiger charge is 2.27. The maximum atomic E-state index is 12.3. The van der Waals surface area contributed by atoms with Crippen LogP contribution >= 0.6 is 0 Å². The molecule has 1 aliphatic rings. The number of nitrogens with zero attached hydrogens (tertiary/aromatic N) is 1. The highest BCUT2D eigenvalue weighted by molar-refractivity contribution is 7.89. The standard InChI is InChI=1S/C12H20N2O4S/c1-14(9-10-4-6-17-7-5-10)19(15,16)12-3-2-11(8-13)18-12/h2-3,10H,4-9,13H2,1H3. The molecule has 1 fully saturated rings. The second kappa shape index (κ2) is 6.04. The van der Waals surface area contributed by atoms with Gasteiger partial charge in [0, 0.05) is 26.8 Å². The molecule has 0 radical (unpaired) electrons. The van der Waals surface area contributed by atoms with Crippen LogP contribution in [0.25, 0.3) is 0 Å². The number of sulfonamides is 1. The van der Waals surface area contributed by atoms with E-state index >= 15 is 0 Å². The zero-order chi connectivity index (χ0) is 13.9. The van der Waals surface area contributed by atoms with Gasteiger partial charge in [0.25, 0.3) is 10.0 Å². The SMILES string of the molecule is CN(CC1CCOCC1)S(=O)(=O)c1ccc(CN)o1. The molecule has 0 unspecified atom stereocenters. The minimum absolute atomic E-state index is 0.0393. The molecule has 0 saturated carbocycles. The van der Waals surface area contributed by atoms with Gasteiger partial charge in [-0.3, -0.25) is 0 Å². The first-order chi connectivity index (χ1) is 9.04. The molecule has 108 valence electrons. The molecule has 1 aliphatic heterocycles. The molecule has 2 rings (SSSR count). The van der Waals surface area contributed by atoms with Crippen molar-refractivity contribution in [1.29, 1.82) is 0 Å². The Balaban J connectivity index is 2.05. The van der Waals surface area contributed by atoms with Crippen LogP contribution in [0.15, 0.2) is 21.6 Å². The summed E-state index contributed by atoms with van der Waals surface area (Å²) in [5.41, 5.74) is 5.42. The van der Waals surface area contributed by atoms with Crippen molar-refractivity contribution in [3.63, 3.8) is 0 Å². The van der Waals surface area contributed by atoms with E-state index in [9.17, 15) is 8.42 Å². The van der Waals surface area contributed by atoms with Gasteiger partial charge in [0.15, 0.2) is 0 Å². The van der Waals surface area contributed by atoms with Gasteiger partial charge >= 0.3 is 0 Å². The number of ether oxygens (including phenoxy) is 1. The highest BCUT2D eigenvalue weighted by Crippen LogP contribution is 2.21. The first-order valence-electron chi connectivity index (χ1n) is 6.37. The van der Waals surface area contributed by atoms with Crippen LogP contribution in [0.5, 0.6) is 0 Å². The molecule has 0 amide bonds. The zero-order valence-electron chi connectivity index (χ0n) is 11.0. The zero-order valence-corrected chi connectivity index (χ0v) is 11.9. The van der Waals surface area contributed by atoms with E-state index < -0.39 is 10.0 Å². The Labute approximate surface area is 113 Å². The van der Waals surface area contributed by atoms with E-state index in [-0.39, 0.29) is 11.6 Å². The highest BCUT2D eigenvalue weighted by atomic mass is 32.2. The first kappa shape index (κ1) is 14.5. The molecule has 1 saturated heterocycles. The van der Waals surface area contributed by atoms with Gasteiger partial charge in [-0.15, -0.1) is 0 Å². The van der Waals surface area contributed by atoms with E-state index in [1.165, 1.54) is 10.4 Å². The van der Waals surface area contributed by atoms with Crippen LogP contribution in [0.3, 0.4) is 0 Å². The molecule has 2 N–H and O–H groups in total. The van der Waals surface area contributed by atoms with Gasteiger partial charge in [0.2, 0.25) is 5.09 Å². The largest absolute Gasteiger partial charge is 0.447 e. The van der Waals surface area contributed by atoms with E-state index in [2.05, 4.69) is 0 Å². The summed E-state index contributed by atoms with van der Waals surface area (Å²) in [6, 6.07) is 3.05. The molecule has 0 spiro atoms. The van der Waals surface area contributed by atoms with Crippen molar-refractivity contribution in [1.82, 2.24) is 4.31 Å². The van der Waals surface area contributed by atoms with Crippen molar-refractivity contribution in [2.24, 2.45) is 11.7 Å². The smallest absolute Gasteiger partial charge is 0.276 e. The monoisotopic (exact) mass is 288 g/mol. The van der Waals surface area contributed by atoms with Gasteiger partial charge in [-0.2, -0.15) is 4.31 Å². The van der Waals surface area contributed by atoms with Gasteiger partial charge in [-0.1, -0.05) is 0 Å². The molecule has 0 atom stereocenters. The fourth-order valence-corrected chi connectivity index (χ4v) is 3.32. The summed E-state index contributed by atoms with van der Waals surface area (Å²) in [4.78, 5) is 0. The van der Waals surface area contributed by atoms with E-state index in [4.69, 9.17) is 14.9 Å². The van der Waals surface area contributed by atoms with Crippen LogP contribution in [0.4, 0.5) is 0 Å². The average Bonchev–Trinajstić information content (AvgIpc) is 2.89. The molecule has 7 heteroatoms. The number of hydrogen-bond donors (Lipinski definition) is 1. The minimum Gasteiger partial charge on any atom is -0.447 e. The quantitative estimate of drug-likeness (QED) is 0.865. The van der Waals surface area contributed by atoms with Crippen molar-refractivity contribution < 1.29 is 17.6 Å². The topological polar surface area (TPSA) is 85.8 Å². The summed E-state index contributed by atoms with van der Waals surface area (Å²) in [7, 11) is -1.98. The Kier molecular flexibility index (Phi) is 4.62. The lowest BCUT2D eigenvalue weighted by atomic mass is 10.0. The van der Waals surface area contributed by atoms with Gasteiger partial charge in [-0.25, -0.2) is 8.42 Å². The fourth-order valence-electron chi connectivity index (χ4n) is 2.15. The fraction of sp³-hybridized carbons (Fsp3) is 0.667. The molecular weight excluding hydrogens is 268 g/mol. The summed E-state index contributed by atoms with van der Waals surface area (Å²) in [5, 5.41) is -0.0393. The van der Waals surface area contributed by atoms with E-state index in [1.54, 1.807) is 13.1 Å². The molecule has 0 aromatic carbocycles. The molecule has 6 nitrogen and oxygen atoms in total. The predicted octanol–water partition coefficient (Wildman–Crippen LogP) is 0.785. The van der Waals surface area contributed by atoms with Gasteiger partial charge in [0.1, 0.15) is 5.76 Å². The number of hydrogen-bond acceptors (Lipinski definition) is 5. The van der Waals surface area contributed by atoms with Crippen LogP contribution in [-0.4, -0.2) is 39.5 Å². The van der Waals surface area contributed by atoms with E-state index in [1.807, 2.05) is 0 Å². The minimum atomic E-state index is -3.56. The third-order valence-electron chi connectivity index (χ3n) is 3.36. The molecular formula is C12H20N2O4S. The molecule has 0 aliphatic carbocycles. The maximum Gasteiger partial charge on any atom is 0.276 e. The van der Waals surface area contributed by atoms with Crippen LogP contribution in [0.2, 0.25) is 0 Å². The average molecular weight is 288 g/mol. The van der Waals surface area contributed by atoms with Gasteiger partial charge in [-0.05, 0) is 30.9 Å². The van der Waals surface area contributed by atoms with Crippen molar-refractivity contribution in [3.8, 4) is 0 Å². The van der Waals surface area contributed by atoms with Crippen molar-refractivity contribution in [2.45, 2.75) is 24.5 Å². The Hall–Kier alpha value is -0.890. The third-order valence-corrected chi connectivity index (χ3v) is 5.06. The summed E-state index contributed by atoms with van der Waals surface area (Å²) >= 11 is 0. The molecule has 2 heterocycles. The first-order valence-corrected chi connectivity index (χ1v) is 7.81. The number of rotatable bonds is 5. The summed E-state index contributed by atoms with van der Waals surface area (Å²) in [6.07, 6.45) is 1.79. The summed E-state index contributed by atoms with van der Waals surface area (Å²) < 4.78 is 36.4. The number of nitrogens with two attached hydrogens (primary N) is 1. The van der Waals surface area contributed by atoms with Gasteiger partial charge < -0.3 is 14.9 Å².